The summed E-state index contributed by atoms with van der Waals surface area (Å²) in [6.45, 7) is 0.844. The zero-order valence-electron chi connectivity index (χ0n) is 17.0. The fourth-order valence-corrected chi connectivity index (χ4v) is 5.11. The fraction of sp³-hybridized carbons (Fsp3) is 0.143. The Hall–Kier alpha value is -2.89. The molecule has 0 aliphatic rings. The summed E-state index contributed by atoms with van der Waals surface area (Å²) < 4.78 is 67.2. The average molecular weight is 516 g/mol. The maximum Gasteiger partial charge on any atom is 0.417 e. The quantitative estimate of drug-likeness (QED) is 0.349. The second-order valence-electron chi connectivity index (χ2n) is 6.70. The minimum Gasteiger partial charge on any atom is -0.271 e. The molecule has 0 aliphatic carbocycles. The van der Waals surface area contributed by atoms with Gasteiger partial charge in [0.05, 0.1) is 26.9 Å². The molecule has 174 valence electrons. The van der Waals surface area contributed by atoms with Gasteiger partial charge in [-0.15, -0.1) is 11.3 Å². The van der Waals surface area contributed by atoms with E-state index < -0.39 is 39.2 Å². The molecule has 0 bridgehead atoms. The number of nitrogens with zero attached hydrogens (tertiary/aromatic N) is 2. The maximum absolute atomic E-state index is 13.4. The number of anilines is 1. The molecular formula is C21H17ClF3N3O3S2. The zero-order chi connectivity index (χ0) is 24.2. The number of hydrogen-bond acceptors (Lipinski definition) is 5. The number of benzene rings is 2. The van der Waals surface area contributed by atoms with Crippen molar-refractivity contribution < 1.29 is 26.4 Å². The molecule has 1 aromatic heterocycles. The Kier molecular flexibility index (Phi) is 7.45. The first-order valence-corrected chi connectivity index (χ1v) is 12.0. The van der Waals surface area contributed by atoms with E-state index in [9.17, 15) is 26.4 Å². The predicted molar refractivity (Wildman–Crippen MR) is 122 cm³/mol. The molecule has 0 unspecified atom stereocenters. The first-order chi connectivity index (χ1) is 15.5. The minimum absolute atomic E-state index is 0.195. The number of thiophene rings is 1. The molecule has 0 aliphatic heterocycles. The van der Waals surface area contributed by atoms with Crippen molar-refractivity contribution in [1.82, 2.24) is 5.43 Å². The van der Waals surface area contributed by atoms with Gasteiger partial charge in [-0.1, -0.05) is 35.9 Å². The standard InChI is InChI=1S/C21H17ClF3N3O3S2/c1-14(19-8-5-11-32-19)26-27-20(29)13-28(33(30,31)16-6-3-2-4-7-16)15-9-10-18(22)17(12-15)21(23,24)25/h2-12H,13H2,1H3,(H,27,29)/b26-14-. The lowest BCUT2D eigenvalue weighted by atomic mass is 10.2. The van der Waals surface area contributed by atoms with Crippen LogP contribution in [-0.4, -0.2) is 26.6 Å². The topological polar surface area (TPSA) is 78.8 Å². The van der Waals surface area contributed by atoms with Gasteiger partial charge in [0.2, 0.25) is 0 Å². The molecule has 3 aromatic rings. The highest BCUT2D eigenvalue weighted by Crippen LogP contribution is 2.38. The minimum atomic E-state index is -4.82. The molecule has 2 aromatic carbocycles. The third-order valence-electron chi connectivity index (χ3n) is 4.39. The summed E-state index contributed by atoms with van der Waals surface area (Å²) >= 11 is 7.06. The Balaban J connectivity index is 1.98. The number of alkyl halides is 3. The lowest BCUT2D eigenvalue weighted by Crippen LogP contribution is -2.40. The highest BCUT2D eigenvalue weighted by atomic mass is 35.5. The normalized spacial score (nSPS) is 12.5. The molecule has 3 rings (SSSR count). The van der Waals surface area contributed by atoms with Gasteiger partial charge in [0.1, 0.15) is 6.54 Å². The van der Waals surface area contributed by atoms with Gasteiger partial charge < -0.3 is 0 Å². The molecule has 0 fully saturated rings. The predicted octanol–water partition coefficient (Wildman–Crippen LogP) is 5.16. The summed E-state index contributed by atoms with van der Waals surface area (Å²) in [7, 11) is -4.39. The molecule has 0 spiro atoms. The average Bonchev–Trinajstić information content (AvgIpc) is 3.31. The lowest BCUT2D eigenvalue weighted by molar-refractivity contribution is -0.137. The van der Waals surface area contributed by atoms with Crippen LogP contribution in [0.4, 0.5) is 18.9 Å². The number of halogens is 4. The summed E-state index contributed by atoms with van der Waals surface area (Å²) in [5.41, 5.74) is 1.15. The molecule has 0 saturated carbocycles. The van der Waals surface area contributed by atoms with E-state index in [4.69, 9.17) is 11.6 Å². The first kappa shape index (κ1) is 24.7. The third-order valence-corrected chi connectivity index (χ3v) is 7.48. The van der Waals surface area contributed by atoms with Crippen LogP contribution in [0.3, 0.4) is 0 Å². The van der Waals surface area contributed by atoms with Crippen molar-refractivity contribution in [3.05, 3.63) is 81.5 Å². The van der Waals surface area contributed by atoms with Crippen LogP contribution in [-0.2, 0) is 21.0 Å². The second kappa shape index (κ2) is 9.94. The van der Waals surface area contributed by atoms with Crippen LogP contribution >= 0.6 is 22.9 Å². The van der Waals surface area contributed by atoms with Crippen molar-refractivity contribution in [2.24, 2.45) is 5.10 Å². The van der Waals surface area contributed by atoms with Crippen LogP contribution in [0, 0.1) is 0 Å². The number of amides is 1. The van der Waals surface area contributed by atoms with Gasteiger partial charge in [-0.05, 0) is 48.7 Å². The number of hydrogen-bond donors (Lipinski definition) is 1. The van der Waals surface area contributed by atoms with Crippen LogP contribution in [0.1, 0.15) is 17.4 Å². The van der Waals surface area contributed by atoms with Crippen molar-refractivity contribution in [2.75, 3.05) is 10.8 Å². The molecule has 0 atom stereocenters. The molecule has 12 heteroatoms. The van der Waals surface area contributed by atoms with E-state index in [-0.39, 0.29) is 10.6 Å². The Morgan fingerprint density at radius 3 is 2.42 bits per heavy atom. The van der Waals surface area contributed by atoms with E-state index >= 15 is 0 Å². The van der Waals surface area contributed by atoms with Crippen molar-refractivity contribution >= 4 is 50.3 Å². The molecule has 1 amide bonds. The first-order valence-electron chi connectivity index (χ1n) is 9.31. The number of rotatable bonds is 7. The molecule has 0 saturated heterocycles. The fourth-order valence-electron chi connectivity index (χ4n) is 2.77. The highest BCUT2D eigenvalue weighted by Gasteiger charge is 2.35. The monoisotopic (exact) mass is 515 g/mol. The Morgan fingerprint density at radius 1 is 1.12 bits per heavy atom. The summed E-state index contributed by atoms with van der Waals surface area (Å²) in [5.74, 6) is -0.839. The van der Waals surface area contributed by atoms with Gasteiger partial charge in [-0.2, -0.15) is 18.3 Å². The number of sulfonamides is 1. The number of carbonyl (C=O) groups excluding carboxylic acids is 1. The molecule has 1 heterocycles. The van der Waals surface area contributed by atoms with Gasteiger partial charge in [0.25, 0.3) is 15.9 Å². The van der Waals surface area contributed by atoms with E-state index in [2.05, 4.69) is 10.5 Å². The van der Waals surface area contributed by atoms with Gasteiger partial charge in [-0.3, -0.25) is 9.10 Å². The van der Waals surface area contributed by atoms with Crippen molar-refractivity contribution in [3.8, 4) is 0 Å². The summed E-state index contributed by atoms with van der Waals surface area (Å²) in [5, 5.41) is 5.17. The zero-order valence-corrected chi connectivity index (χ0v) is 19.4. The molecular weight excluding hydrogens is 499 g/mol. The second-order valence-corrected chi connectivity index (χ2v) is 9.91. The van der Waals surface area contributed by atoms with Gasteiger partial charge >= 0.3 is 6.18 Å². The largest absolute Gasteiger partial charge is 0.417 e. The molecule has 33 heavy (non-hydrogen) atoms. The van der Waals surface area contributed by atoms with Crippen LogP contribution in [0.5, 0.6) is 0 Å². The summed E-state index contributed by atoms with van der Waals surface area (Å²) in [4.78, 5) is 13.2. The van der Waals surface area contributed by atoms with Crippen LogP contribution in [0.15, 0.2) is 76.0 Å². The Bertz CT molecular complexity index is 1260. The van der Waals surface area contributed by atoms with Crippen LogP contribution in [0.2, 0.25) is 5.02 Å². The van der Waals surface area contributed by atoms with Crippen LogP contribution < -0.4 is 9.73 Å². The number of hydrazone groups is 1. The maximum atomic E-state index is 13.4. The molecule has 1 N–H and O–H groups in total. The van der Waals surface area contributed by atoms with E-state index in [1.54, 1.807) is 25.1 Å². The van der Waals surface area contributed by atoms with E-state index in [0.717, 1.165) is 17.0 Å². The Morgan fingerprint density at radius 2 is 1.82 bits per heavy atom. The SMILES string of the molecule is C/C(=N/NC(=O)CN(c1ccc(Cl)c(C(F)(F)F)c1)S(=O)(=O)c1ccccc1)c1cccs1. The molecule has 0 radical (unpaired) electrons. The van der Waals surface area contributed by atoms with Crippen molar-refractivity contribution in [3.63, 3.8) is 0 Å². The summed E-state index contributed by atoms with van der Waals surface area (Å²) in [6.07, 6.45) is -4.82. The van der Waals surface area contributed by atoms with Crippen molar-refractivity contribution in [2.45, 2.75) is 18.0 Å². The third kappa shape index (κ3) is 5.92. The van der Waals surface area contributed by atoms with Gasteiger partial charge in [-0.25, -0.2) is 13.8 Å². The highest BCUT2D eigenvalue weighted by molar-refractivity contribution is 7.92. The van der Waals surface area contributed by atoms with Crippen molar-refractivity contribution in [1.29, 1.82) is 0 Å². The Labute approximate surface area is 197 Å². The lowest BCUT2D eigenvalue weighted by Gasteiger charge is -2.24. The van der Waals surface area contributed by atoms with E-state index in [1.165, 1.54) is 35.6 Å². The van der Waals surface area contributed by atoms with E-state index in [0.29, 0.717) is 16.1 Å². The van der Waals surface area contributed by atoms with Crippen LogP contribution in [0.25, 0.3) is 0 Å². The summed E-state index contributed by atoms with van der Waals surface area (Å²) in [6, 6.07) is 13.3. The molecule has 6 nitrogen and oxygen atoms in total. The number of carbonyl (C=O) groups is 1. The number of nitrogens with one attached hydrogen (secondary N) is 1. The van der Waals surface area contributed by atoms with Gasteiger partial charge in [0.15, 0.2) is 0 Å². The van der Waals surface area contributed by atoms with Gasteiger partial charge in [0, 0.05) is 4.88 Å². The smallest absolute Gasteiger partial charge is 0.271 e. The van der Waals surface area contributed by atoms with E-state index in [1.807, 2.05) is 5.38 Å².